The summed E-state index contributed by atoms with van der Waals surface area (Å²) in [4.78, 5) is 0. The van der Waals surface area contributed by atoms with E-state index < -0.39 is 6.10 Å². The van der Waals surface area contributed by atoms with Gasteiger partial charge in [-0.05, 0) is 34.7 Å². The van der Waals surface area contributed by atoms with E-state index in [4.69, 9.17) is 16.3 Å². The molecule has 114 valence electrons. The molecule has 0 saturated heterocycles. The van der Waals surface area contributed by atoms with E-state index >= 15 is 0 Å². The molecule has 1 heterocycles. The topological polar surface area (TPSA) is 73.1 Å². The van der Waals surface area contributed by atoms with Gasteiger partial charge in [0.2, 0.25) is 0 Å². The van der Waals surface area contributed by atoms with Crippen LogP contribution in [0.4, 0.5) is 0 Å². The molecule has 0 aliphatic rings. The minimum Gasteiger partial charge on any atom is -0.491 e. The summed E-state index contributed by atoms with van der Waals surface area (Å²) in [7, 11) is 0. The van der Waals surface area contributed by atoms with Gasteiger partial charge in [-0.3, -0.25) is 0 Å². The fourth-order valence-electron chi connectivity index (χ4n) is 1.84. The van der Waals surface area contributed by atoms with E-state index in [1.165, 1.54) is 0 Å². The highest BCUT2D eigenvalue weighted by molar-refractivity contribution is 6.30. The number of rotatable bonds is 5. The first-order valence-corrected chi connectivity index (χ1v) is 7.07. The first-order valence-electron chi connectivity index (χ1n) is 6.69. The minimum atomic E-state index is -0.703. The molecule has 7 heteroatoms. The van der Waals surface area contributed by atoms with Crippen LogP contribution in [0.3, 0.4) is 0 Å². The molecule has 1 aromatic heterocycles. The monoisotopic (exact) mass is 310 g/mol. The highest BCUT2D eigenvalue weighted by Crippen LogP contribution is 2.19. The third kappa shape index (κ3) is 4.41. The lowest BCUT2D eigenvalue weighted by Gasteiger charge is -2.19. The lowest BCUT2D eigenvalue weighted by Crippen LogP contribution is -2.28. The molecule has 0 bridgehead atoms. The number of aliphatic hydroxyl groups excluding tert-OH is 1. The van der Waals surface area contributed by atoms with E-state index in [2.05, 4.69) is 15.5 Å². The number of aliphatic hydroxyl groups is 1. The molecular weight excluding hydrogens is 292 g/mol. The molecule has 0 aliphatic carbocycles. The molecular formula is C14H19ClN4O2. The van der Waals surface area contributed by atoms with Gasteiger partial charge in [-0.1, -0.05) is 32.4 Å². The molecule has 2 aromatic rings. The van der Waals surface area contributed by atoms with E-state index in [1.807, 2.05) is 20.8 Å². The molecule has 2 rings (SSSR count). The van der Waals surface area contributed by atoms with Gasteiger partial charge in [0, 0.05) is 10.4 Å². The molecule has 1 N–H and O–H groups in total. The molecule has 0 amide bonds. The van der Waals surface area contributed by atoms with Crippen LogP contribution in [0.15, 0.2) is 24.3 Å². The Morgan fingerprint density at radius 3 is 2.57 bits per heavy atom. The molecule has 1 atom stereocenters. The second-order valence-corrected chi connectivity index (χ2v) is 6.29. The maximum absolute atomic E-state index is 10.1. The zero-order chi connectivity index (χ0) is 15.5. The van der Waals surface area contributed by atoms with Crippen molar-refractivity contribution in [2.24, 2.45) is 0 Å². The summed E-state index contributed by atoms with van der Waals surface area (Å²) in [5.74, 6) is 1.39. The summed E-state index contributed by atoms with van der Waals surface area (Å²) in [6.07, 6.45) is -0.703. The minimum absolute atomic E-state index is 0.158. The van der Waals surface area contributed by atoms with Gasteiger partial charge in [0.15, 0.2) is 5.82 Å². The van der Waals surface area contributed by atoms with Crippen molar-refractivity contribution in [3.05, 3.63) is 35.1 Å². The summed E-state index contributed by atoms with van der Waals surface area (Å²) < 4.78 is 7.11. The fourth-order valence-corrected chi connectivity index (χ4v) is 1.97. The van der Waals surface area contributed by atoms with Crippen molar-refractivity contribution < 1.29 is 9.84 Å². The molecule has 21 heavy (non-hydrogen) atoms. The average molecular weight is 311 g/mol. The van der Waals surface area contributed by atoms with E-state index in [0.29, 0.717) is 10.8 Å². The van der Waals surface area contributed by atoms with Gasteiger partial charge >= 0.3 is 0 Å². The number of nitrogens with zero attached hydrogens (tertiary/aromatic N) is 4. The van der Waals surface area contributed by atoms with Crippen molar-refractivity contribution in [3.8, 4) is 5.75 Å². The fraction of sp³-hybridized carbons (Fsp3) is 0.500. The Morgan fingerprint density at radius 1 is 1.29 bits per heavy atom. The second kappa shape index (κ2) is 6.41. The Labute approximate surface area is 128 Å². The van der Waals surface area contributed by atoms with Crippen molar-refractivity contribution in [2.45, 2.75) is 38.8 Å². The normalized spacial score (nSPS) is 13.2. The first kappa shape index (κ1) is 15.7. The molecule has 0 aliphatic heterocycles. The quantitative estimate of drug-likeness (QED) is 0.915. The predicted molar refractivity (Wildman–Crippen MR) is 79.5 cm³/mol. The van der Waals surface area contributed by atoms with Crippen LogP contribution in [0, 0.1) is 0 Å². The van der Waals surface area contributed by atoms with Crippen LogP contribution in [-0.4, -0.2) is 38.0 Å². The van der Waals surface area contributed by atoms with Crippen LogP contribution in [-0.2, 0) is 12.0 Å². The van der Waals surface area contributed by atoms with Crippen LogP contribution in [0.1, 0.15) is 26.6 Å². The lowest BCUT2D eigenvalue weighted by molar-refractivity contribution is 0.0871. The number of hydrogen-bond donors (Lipinski definition) is 1. The first-order chi connectivity index (χ1) is 9.86. The summed E-state index contributed by atoms with van der Waals surface area (Å²) in [6, 6.07) is 6.99. The number of halogens is 1. The highest BCUT2D eigenvalue weighted by Gasteiger charge is 2.23. The third-order valence-corrected chi connectivity index (χ3v) is 3.09. The Hall–Kier alpha value is -1.66. The third-order valence-electron chi connectivity index (χ3n) is 2.84. The molecule has 0 spiro atoms. The zero-order valence-electron chi connectivity index (χ0n) is 12.3. The maximum Gasteiger partial charge on any atom is 0.156 e. The maximum atomic E-state index is 10.1. The SMILES string of the molecule is CC(C)(C)c1nnnn1C[C@@H](O)COc1ccc(Cl)cc1. The van der Waals surface area contributed by atoms with Crippen LogP contribution in [0.5, 0.6) is 5.75 Å². The van der Waals surface area contributed by atoms with Crippen molar-refractivity contribution in [3.63, 3.8) is 0 Å². The lowest BCUT2D eigenvalue weighted by atomic mass is 9.96. The molecule has 0 radical (unpaired) electrons. The Bertz CT molecular complexity index is 577. The number of tetrazole rings is 1. The van der Waals surface area contributed by atoms with Gasteiger partial charge in [0.05, 0.1) is 6.54 Å². The van der Waals surface area contributed by atoms with Crippen LogP contribution in [0.2, 0.25) is 5.02 Å². The largest absolute Gasteiger partial charge is 0.491 e. The summed E-state index contributed by atoms with van der Waals surface area (Å²) in [6.45, 7) is 6.50. The predicted octanol–water partition coefficient (Wildman–Crippen LogP) is 2.06. The van der Waals surface area contributed by atoms with Gasteiger partial charge in [0.1, 0.15) is 18.5 Å². The number of ether oxygens (including phenoxy) is 1. The highest BCUT2D eigenvalue weighted by atomic mass is 35.5. The number of hydrogen-bond acceptors (Lipinski definition) is 5. The summed E-state index contributed by atoms with van der Waals surface area (Å²) >= 11 is 5.80. The summed E-state index contributed by atoms with van der Waals surface area (Å²) in [5.41, 5.74) is -0.180. The van der Waals surface area contributed by atoms with E-state index in [9.17, 15) is 5.11 Å². The number of aromatic nitrogens is 4. The average Bonchev–Trinajstić information content (AvgIpc) is 2.86. The van der Waals surface area contributed by atoms with E-state index in [0.717, 1.165) is 5.82 Å². The van der Waals surface area contributed by atoms with Gasteiger partial charge in [-0.15, -0.1) is 5.10 Å². The smallest absolute Gasteiger partial charge is 0.156 e. The van der Waals surface area contributed by atoms with Gasteiger partial charge < -0.3 is 9.84 Å². The Morgan fingerprint density at radius 2 is 1.95 bits per heavy atom. The van der Waals surface area contributed by atoms with Crippen LogP contribution in [0.25, 0.3) is 0 Å². The molecule has 6 nitrogen and oxygen atoms in total. The van der Waals surface area contributed by atoms with Crippen molar-refractivity contribution in [2.75, 3.05) is 6.61 Å². The molecule has 0 unspecified atom stereocenters. The van der Waals surface area contributed by atoms with Gasteiger partial charge in [-0.25, -0.2) is 4.68 Å². The second-order valence-electron chi connectivity index (χ2n) is 5.85. The zero-order valence-corrected chi connectivity index (χ0v) is 13.1. The van der Waals surface area contributed by atoms with Crippen molar-refractivity contribution in [1.29, 1.82) is 0 Å². The molecule has 1 aromatic carbocycles. The van der Waals surface area contributed by atoms with Crippen molar-refractivity contribution in [1.82, 2.24) is 20.2 Å². The van der Waals surface area contributed by atoms with Gasteiger partial charge in [-0.2, -0.15) is 0 Å². The van der Waals surface area contributed by atoms with E-state index in [-0.39, 0.29) is 18.6 Å². The standard InChI is InChI=1S/C14H19ClN4O2/c1-14(2,3)13-16-17-18-19(13)8-11(20)9-21-12-6-4-10(15)5-7-12/h4-7,11,20H,8-9H2,1-3H3/t11-/m1/s1. The van der Waals surface area contributed by atoms with Crippen molar-refractivity contribution >= 4 is 11.6 Å². The van der Waals surface area contributed by atoms with Gasteiger partial charge in [0.25, 0.3) is 0 Å². The summed E-state index contributed by atoms with van der Waals surface area (Å²) in [5, 5.41) is 22.3. The van der Waals surface area contributed by atoms with Crippen LogP contribution >= 0.6 is 11.6 Å². The Balaban J connectivity index is 1.92. The van der Waals surface area contributed by atoms with Crippen LogP contribution < -0.4 is 4.74 Å². The van der Waals surface area contributed by atoms with E-state index in [1.54, 1.807) is 28.9 Å². The Kier molecular flexibility index (Phi) is 4.80. The molecule has 0 fully saturated rings. The number of benzene rings is 1. The molecule has 0 saturated carbocycles.